The van der Waals surface area contributed by atoms with E-state index in [9.17, 15) is 24.3 Å². The largest absolute Gasteiger partial charge is 0.480 e. The molecule has 1 rings (SSSR count). The molecule has 0 bridgehead atoms. The van der Waals surface area contributed by atoms with Gasteiger partial charge in [0.1, 0.15) is 18.1 Å². The van der Waals surface area contributed by atoms with Crippen LogP contribution in [-0.2, 0) is 19.2 Å². The fourth-order valence-corrected chi connectivity index (χ4v) is 3.42. The van der Waals surface area contributed by atoms with E-state index in [2.05, 4.69) is 23.3 Å². The molecule has 1 saturated heterocycles. The van der Waals surface area contributed by atoms with E-state index in [-0.39, 0.29) is 12.3 Å². The van der Waals surface area contributed by atoms with E-state index in [0.29, 0.717) is 31.6 Å². The third-order valence-electron chi connectivity index (χ3n) is 4.07. The van der Waals surface area contributed by atoms with Gasteiger partial charge in [0.25, 0.3) is 0 Å². The normalized spacial score (nSPS) is 18.9. The first-order valence-electron chi connectivity index (χ1n) is 8.28. The summed E-state index contributed by atoms with van der Waals surface area (Å²) in [5.74, 6) is -1.84. The molecule has 26 heavy (non-hydrogen) atoms. The van der Waals surface area contributed by atoms with Gasteiger partial charge >= 0.3 is 5.97 Å². The van der Waals surface area contributed by atoms with Crippen LogP contribution in [0.2, 0.25) is 0 Å². The molecule has 0 spiro atoms. The Labute approximate surface area is 162 Å². The summed E-state index contributed by atoms with van der Waals surface area (Å²) in [6.07, 6.45) is 3.22. The maximum Gasteiger partial charge on any atom is 0.326 e. The number of nitrogens with zero attached hydrogens (tertiary/aromatic N) is 1. The monoisotopic (exact) mass is 406 g/mol. The molecule has 11 heteroatoms. The molecular formula is C15H26N4O5S2. The summed E-state index contributed by atoms with van der Waals surface area (Å²) in [5, 5.41) is 14.2. The maximum absolute atomic E-state index is 12.7. The second kappa shape index (κ2) is 11.3. The molecule has 1 aliphatic rings. The molecule has 0 aromatic carbocycles. The van der Waals surface area contributed by atoms with Gasteiger partial charge in [-0.15, -0.1) is 0 Å². The zero-order chi connectivity index (χ0) is 19.7. The molecule has 3 amide bonds. The number of carboxylic acids is 1. The van der Waals surface area contributed by atoms with Crippen molar-refractivity contribution in [2.24, 2.45) is 5.73 Å². The molecule has 3 atom stereocenters. The van der Waals surface area contributed by atoms with Crippen LogP contribution in [0.15, 0.2) is 0 Å². The van der Waals surface area contributed by atoms with E-state index >= 15 is 0 Å². The Balaban J connectivity index is 2.78. The number of carboxylic acid groups (broad SMARTS) is 1. The number of rotatable bonds is 10. The van der Waals surface area contributed by atoms with Gasteiger partial charge in [0.2, 0.25) is 17.7 Å². The number of nitrogens with two attached hydrogens (primary N) is 1. The Hall–Kier alpha value is -1.46. The highest BCUT2D eigenvalue weighted by atomic mass is 32.2. The first-order chi connectivity index (χ1) is 12.3. The van der Waals surface area contributed by atoms with Crippen LogP contribution >= 0.6 is 24.4 Å². The molecule has 1 heterocycles. The quantitative estimate of drug-likeness (QED) is 0.283. The minimum Gasteiger partial charge on any atom is -0.480 e. The second-order valence-electron chi connectivity index (χ2n) is 5.88. The van der Waals surface area contributed by atoms with E-state index < -0.39 is 41.8 Å². The number of nitrogens with one attached hydrogen (secondary N) is 2. The summed E-state index contributed by atoms with van der Waals surface area (Å²) in [6.45, 7) is 0.111. The molecule has 3 unspecified atom stereocenters. The molecule has 1 aliphatic heterocycles. The first kappa shape index (κ1) is 22.6. The Morgan fingerprint density at radius 3 is 2.54 bits per heavy atom. The number of aliphatic carboxylic acids is 1. The Bertz CT molecular complexity index is 534. The molecule has 0 saturated carbocycles. The first-order valence-corrected chi connectivity index (χ1v) is 10.3. The zero-order valence-electron chi connectivity index (χ0n) is 14.6. The molecule has 9 nitrogen and oxygen atoms in total. The molecule has 0 aliphatic carbocycles. The number of thioether (sulfide) groups is 1. The van der Waals surface area contributed by atoms with Crippen molar-refractivity contribution in [3.05, 3.63) is 0 Å². The Kier molecular flexibility index (Phi) is 9.81. The predicted octanol–water partition coefficient (Wildman–Crippen LogP) is -1.33. The summed E-state index contributed by atoms with van der Waals surface area (Å²) < 4.78 is 0. The van der Waals surface area contributed by atoms with Gasteiger partial charge in [-0.05, 0) is 31.3 Å². The number of hydrogen-bond donors (Lipinski definition) is 5. The van der Waals surface area contributed by atoms with Gasteiger partial charge in [0.15, 0.2) is 0 Å². The molecule has 0 radical (unpaired) electrons. The minimum atomic E-state index is -1.10. The SMILES string of the molecule is CSCCC(NC(=O)C1CCCN1C(=O)C(CS)NC(=O)CN)C(=O)O. The fraction of sp³-hybridized carbons (Fsp3) is 0.733. The lowest BCUT2D eigenvalue weighted by Gasteiger charge is -2.28. The highest BCUT2D eigenvalue weighted by molar-refractivity contribution is 7.98. The van der Waals surface area contributed by atoms with Gasteiger partial charge < -0.3 is 26.4 Å². The van der Waals surface area contributed by atoms with E-state index in [1.165, 1.54) is 16.7 Å². The molecule has 1 fully saturated rings. The number of likely N-dealkylation sites (tertiary alicyclic amines) is 1. The summed E-state index contributed by atoms with van der Waals surface area (Å²) in [7, 11) is 0. The molecule has 5 N–H and O–H groups in total. The van der Waals surface area contributed by atoms with Gasteiger partial charge in [-0.2, -0.15) is 24.4 Å². The number of carbonyl (C=O) groups is 4. The topological polar surface area (TPSA) is 142 Å². The van der Waals surface area contributed by atoms with Crippen molar-refractivity contribution in [3.63, 3.8) is 0 Å². The summed E-state index contributed by atoms with van der Waals surface area (Å²) >= 11 is 5.57. The molecule has 148 valence electrons. The highest BCUT2D eigenvalue weighted by Gasteiger charge is 2.38. The number of amides is 3. The van der Waals surface area contributed by atoms with E-state index in [4.69, 9.17) is 5.73 Å². The average Bonchev–Trinajstić information content (AvgIpc) is 3.11. The second-order valence-corrected chi connectivity index (χ2v) is 7.23. The molecular weight excluding hydrogens is 380 g/mol. The van der Waals surface area contributed by atoms with Gasteiger partial charge in [-0.3, -0.25) is 14.4 Å². The van der Waals surface area contributed by atoms with Crippen molar-refractivity contribution >= 4 is 48.1 Å². The van der Waals surface area contributed by atoms with Crippen LogP contribution in [0.5, 0.6) is 0 Å². The highest BCUT2D eigenvalue weighted by Crippen LogP contribution is 2.19. The van der Waals surface area contributed by atoms with Crippen molar-refractivity contribution in [3.8, 4) is 0 Å². The van der Waals surface area contributed by atoms with Gasteiger partial charge in [0.05, 0.1) is 6.54 Å². The van der Waals surface area contributed by atoms with Crippen molar-refractivity contribution in [1.29, 1.82) is 0 Å². The Morgan fingerprint density at radius 1 is 1.31 bits per heavy atom. The summed E-state index contributed by atoms with van der Waals surface area (Å²) in [4.78, 5) is 49.3. The van der Waals surface area contributed by atoms with Crippen LogP contribution in [0.4, 0.5) is 0 Å². The number of thiol groups is 1. The average molecular weight is 407 g/mol. The van der Waals surface area contributed by atoms with E-state index in [1.54, 1.807) is 0 Å². The minimum absolute atomic E-state index is 0.0703. The summed E-state index contributed by atoms with van der Waals surface area (Å²) in [5.41, 5.74) is 5.24. The zero-order valence-corrected chi connectivity index (χ0v) is 16.4. The van der Waals surface area contributed by atoms with Crippen LogP contribution in [0.3, 0.4) is 0 Å². The van der Waals surface area contributed by atoms with Crippen LogP contribution in [0.25, 0.3) is 0 Å². The number of carbonyl (C=O) groups excluding carboxylic acids is 3. The van der Waals surface area contributed by atoms with Crippen LogP contribution in [0.1, 0.15) is 19.3 Å². The van der Waals surface area contributed by atoms with Crippen LogP contribution < -0.4 is 16.4 Å². The van der Waals surface area contributed by atoms with Gasteiger partial charge in [0, 0.05) is 12.3 Å². The predicted molar refractivity (Wildman–Crippen MR) is 102 cm³/mol. The van der Waals surface area contributed by atoms with Crippen LogP contribution in [-0.4, -0.2) is 82.7 Å². The molecule has 0 aromatic heterocycles. The standard InChI is InChI=1S/C15H26N4O5S2/c1-26-6-4-9(15(23)24)18-13(21)11-3-2-5-19(11)14(22)10(8-25)17-12(20)7-16/h9-11,25H,2-8,16H2,1H3,(H,17,20)(H,18,21)(H,23,24). The van der Waals surface area contributed by atoms with Crippen molar-refractivity contribution in [2.45, 2.75) is 37.4 Å². The Morgan fingerprint density at radius 2 is 2.00 bits per heavy atom. The lowest BCUT2D eigenvalue weighted by atomic mass is 10.1. The maximum atomic E-state index is 12.7. The van der Waals surface area contributed by atoms with Crippen molar-refractivity contribution in [1.82, 2.24) is 15.5 Å². The lowest BCUT2D eigenvalue weighted by molar-refractivity contribution is -0.144. The third-order valence-corrected chi connectivity index (χ3v) is 5.07. The number of hydrogen-bond acceptors (Lipinski definition) is 7. The van der Waals surface area contributed by atoms with Gasteiger partial charge in [-0.1, -0.05) is 0 Å². The van der Waals surface area contributed by atoms with Crippen molar-refractivity contribution < 1.29 is 24.3 Å². The van der Waals surface area contributed by atoms with Crippen LogP contribution in [0, 0.1) is 0 Å². The molecule has 0 aromatic rings. The van der Waals surface area contributed by atoms with Gasteiger partial charge in [-0.25, -0.2) is 4.79 Å². The van der Waals surface area contributed by atoms with Crippen molar-refractivity contribution in [2.75, 3.05) is 30.9 Å². The smallest absolute Gasteiger partial charge is 0.326 e. The lowest BCUT2D eigenvalue weighted by Crippen LogP contribution is -2.56. The third kappa shape index (κ3) is 6.36. The fourth-order valence-electron chi connectivity index (χ4n) is 2.70. The van der Waals surface area contributed by atoms with E-state index in [0.717, 1.165) is 0 Å². The van der Waals surface area contributed by atoms with E-state index in [1.807, 2.05) is 6.26 Å². The summed E-state index contributed by atoms with van der Waals surface area (Å²) in [6, 6.07) is -2.63.